The summed E-state index contributed by atoms with van der Waals surface area (Å²) in [5, 5.41) is 8.07. The molecule has 1 amide bonds. The third kappa shape index (κ3) is 4.01. The van der Waals surface area contributed by atoms with Crippen LogP contribution in [0.15, 0.2) is 22.0 Å². The van der Waals surface area contributed by atoms with E-state index in [1.54, 1.807) is 6.92 Å². The van der Waals surface area contributed by atoms with Gasteiger partial charge in [0.1, 0.15) is 0 Å². The number of hydrogen-bond donors (Lipinski definition) is 2. The molecular weight excluding hydrogens is 216 g/mol. The summed E-state index contributed by atoms with van der Waals surface area (Å²) in [7, 11) is 0. The molecule has 17 heavy (non-hydrogen) atoms. The zero-order chi connectivity index (χ0) is 13.0. The van der Waals surface area contributed by atoms with Crippen LogP contribution in [0.4, 0.5) is 0 Å². The normalized spacial score (nSPS) is 25.9. The third-order valence-corrected chi connectivity index (χ3v) is 3.03. The number of carbonyl (C=O) groups is 1. The summed E-state index contributed by atoms with van der Waals surface area (Å²) < 4.78 is 0. The second kappa shape index (κ2) is 5.61. The monoisotopic (exact) mass is 236 g/mol. The van der Waals surface area contributed by atoms with Crippen molar-refractivity contribution in [2.45, 2.75) is 33.6 Å². The van der Waals surface area contributed by atoms with Gasteiger partial charge in [-0.25, -0.2) is 0 Å². The maximum absolute atomic E-state index is 11.0. The van der Waals surface area contributed by atoms with Gasteiger partial charge >= 0.3 is 0 Å². The van der Waals surface area contributed by atoms with Gasteiger partial charge in [0.25, 0.3) is 5.91 Å². The molecule has 0 spiro atoms. The molecule has 0 saturated heterocycles. The van der Waals surface area contributed by atoms with Crippen molar-refractivity contribution in [1.29, 1.82) is 0 Å². The Morgan fingerprint density at radius 3 is 2.41 bits per heavy atom. The second-order valence-corrected chi connectivity index (χ2v) is 4.64. The summed E-state index contributed by atoms with van der Waals surface area (Å²) in [6.45, 7) is 5.84. The molecule has 0 aliphatic heterocycles. The molecule has 0 heterocycles. The Balaban J connectivity index is 2.62. The molecule has 0 aromatic carbocycles. The van der Waals surface area contributed by atoms with E-state index in [-0.39, 0.29) is 5.57 Å². The predicted molar refractivity (Wildman–Crippen MR) is 69.6 cm³/mol. The van der Waals surface area contributed by atoms with Crippen LogP contribution in [0, 0.1) is 11.8 Å². The molecule has 0 bridgehead atoms. The zero-order valence-electron chi connectivity index (χ0n) is 10.6. The Morgan fingerprint density at radius 2 is 2.00 bits per heavy atom. The first kappa shape index (κ1) is 13.4. The molecule has 1 aliphatic rings. The van der Waals surface area contributed by atoms with Crippen LogP contribution < -0.4 is 11.5 Å². The van der Waals surface area contributed by atoms with E-state index in [0.717, 1.165) is 30.2 Å². The molecule has 1 aliphatic carbocycles. The molecule has 1 fully saturated rings. The van der Waals surface area contributed by atoms with Gasteiger partial charge in [0, 0.05) is 11.9 Å². The van der Waals surface area contributed by atoms with E-state index in [0.29, 0.717) is 5.71 Å². The van der Waals surface area contributed by atoms with Crippen LogP contribution in [0.1, 0.15) is 33.6 Å². The highest BCUT2D eigenvalue weighted by Crippen LogP contribution is 2.40. The fourth-order valence-corrected chi connectivity index (χ4v) is 1.70. The molecule has 1 rings (SSSR count). The van der Waals surface area contributed by atoms with Gasteiger partial charge in [-0.05, 0) is 38.5 Å². The average Bonchev–Trinajstić information content (AvgIpc) is 2.91. The van der Waals surface area contributed by atoms with E-state index in [2.05, 4.69) is 17.1 Å². The topological polar surface area (TPSA) is 93.8 Å². The van der Waals surface area contributed by atoms with Gasteiger partial charge < -0.3 is 11.5 Å². The van der Waals surface area contributed by atoms with Crippen molar-refractivity contribution in [3.05, 3.63) is 11.8 Å². The summed E-state index contributed by atoms with van der Waals surface area (Å²) in [6, 6.07) is 0. The van der Waals surface area contributed by atoms with Gasteiger partial charge in [0.2, 0.25) is 0 Å². The molecular formula is C12H20N4O. The lowest BCUT2D eigenvalue weighted by atomic mass is 10.2. The molecule has 2 atom stereocenters. The number of primary amides is 1. The molecule has 0 aromatic heterocycles. The summed E-state index contributed by atoms with van der Waals surface area (Å²) in [5.74, 6) is 0.961. The number of nitrogens with two attached hydrogens (primary N) is 2. The van der Waals surface area contributed by atoms with Gasteiger partial charge in [-0.3, -0.25) is 4.79 Å². The average molecular weight is 236 g/mol. The van der Waals surface area contributed by atoms with Crippen LogP contribution in [0.2, 0.25) is 0 Å². The largest absolute Gasteiger partial charge is 0.404 e. The van der Waals surface area contributed by atoms with Gasteiger partial charge in [-0.2, -0.15) is 10.2 Å². The van der Waals surface area contributed by atoms with Crippen molar-refractivity contribution in [2.75, 3.05) is 0 Å². The highest BCUT2D eigenvalue weighted by Gasteiger charge is 2.32. The van der Waals surface area contributed by atoms with Gasteiger partial charge in [-0.1, -0.05) is 6.92 Å². The molecule has 94 valence electrons. The SMILES string of the molecule is C/C(CC1C[C@@H]1C)=N/N=C(C)/C(=C/N)C(N)=O. The van der Waals surface area contributed by atoms with Crippen LogP contribution in [0.25, 0.3) is 0 Å². The van der Waals surface area contributed by atoms with E-state index in [9.17, 15) is 4.79 Å². The lowest BCUT2D eigenvalue weighted by Crippen LogP contribution is -2.20. The Bertz CT molecular complexity index is 395. The standard InChI is InChI=1S/C12H20N4O/c1-7-4-10(7)5-8(2)15-16-9(3)11(6-13)12(14)17/h6-7,10H,4-5,13H2,1-3H3,(H2,14,17)/b11-6-,15-8-,16-9+/t7-,10?/m0/s1. The van der Waals surface area contributed by atoms with Crippen LogP contribution >= 0.6 is 0 Å². The number of rotatable bonds is 5. The van der Waals surface area contributed by atoms with Gasteiger partial charge in [0.15, 0.2) is 0 Å². The highest BCUT2D eigenvalue weighted by atomic mass is 16.1. The van der Waals surface area contributed by atoms with E-state index in [1.807, 2.05) is 6.92 Å². The van der Waals surface area contributed by atoms with Gasteiger partial charge in [-0.15, -0.1) is 0 Å². The van der Waals surface area contributed by atoms with Crippen LogP contribution in [-0.4, -0.2) is 17.3 Å². The second-order valence-electron chi connectivity index (χ2n) is 4.64. The molecule has 1 unspecified atom stereocenters. The van der Waals surface area contributed by atoms with E-state index in [4.69, 9.17) is 11.5 Å². The minimum absolute atomic E-state index is 0.210. The predicted octanol–water partition coefficient (Wildman–Crippen LogP) is 1.20. The molecule has 5 heteroatoms. The fraction of sp³-hybridized carbons (Fsp3) is 0.583. The zero-order valence-corrected chi connectivity index (χ0v) is 10.6. The Hall–Kier alpha value is -1.65. The lowest BCUT2D eigenvalue weighted by Gasteiger charge is -2.00. The smallest absolute Gasteiger partial charge is 0.252 e. The summed E-state index contributed by atoms with van der Waals surface area (Å²) in [4.78, 5) is 11.0. The number of amides is 1. The van der Waals surface area contributed by atoms with Crippen molar-refractivity contribution in [3.8, 4) is 0 Å². The first-order valence-electron chi connectivity index (χ1n) is 5.75. The minimum Gasteiger partial charge on any atom is -0.404 e. The number of hydrogen-bond acceptors (Lipinski definition) is 4. The van der Waals surface area contributed by atoms with E-state index in [1.165, 1.54) is 6.42 Å². The van der Waals surface area contributed by atoms with E-state index < -0.39 is 5.91 Å². The van der Waals surface area contributed by atoms with Crippen molar-refractivity contribution < 1.29 is 4.79 Å². The number of carbonyl (C=O) groups excluding carboxylic acids is 1. The summed E-state index contributed by atoms with van der Waals surface area (Å²) in [6.07, 6.45) is 3.40. The first-order valence-corrected chi connectivity index (χ1v) is 5.75. The van der Waals surface area contributed by atoms with Crippen molar-refractivity contribution in [2.24, 2.45) is 33.5 Å². The Morgan fingerprint density at radius 1 is 1.41 bits per heavy atom. The van der Waals surface area contributed by atoms with E-state index >= 15 is 0 Å². The fourth-order valence-electron chi connectivity index (χ4n) is 1.70. The molecule has 1 saturated carbocycles. The Kier molecular flexibility index (Phi) is 4.43. The minimum atomic E-state index is -0.586. The van der Waals surface area contributed by atoms with Crippen molar-refractivity contribution >= 4 is 17.3 Å². The quantitative estimate of drug-likeness (QED) is 0.426. The first-order chi connectivity index (χ1) is 7.95. The molecule has 0 radical (unpaired) electrons. The lowest BCUT2D eigenvalue weighted by molar-refractivity contribution is -0.114. The summed E-state index contributed by atoms with van der Waals surface area (Å²) in [5.41, 5.74) is 12.1. The third-order valence-electron chi connectivity index (χ3n) is 3.03. The molecule has 4 N–H and O–H groups in total. The maximum Gasteiger partial charge on any atom is 0.252 e. The Labute approximate surface area is 102 Å². The maximum atomic E-state index is 11.0. The van der Waals surface area contributed by atoms with Crippen LogP contribution in [0.5, 0.6) is 0 Å². The highest BCUT2D eigenvalue weighted by molar-refractivity contribution is 6.20. The van der Waals surface area contributed by atoms with Crippen LogP contribution in [-0.2, 0) is 4.79 Å². The van der Waals surface area contributed by atoms with Crippen molar-refractivity contribution in [1.82, 2.24) is 0 Å². The van der Waals surface area contributed by atoms with Crippen molar-refractivity contribution in [3.63, 3.8) is 0 Å². The molecule has 5 nitrogen and oxygen atoms in total. The summed E-state index contributed by atoms with van der Waals surface area (Å²) >= 11 is 0. The van der Waals surface area contributed by atoms with Crippen LogP contribution in [0.3, 0.4) is 0 Å². The molecule has 0 aromatic rings. The number of nitrogens with zero attached hydrogens (tertiary/aromatic N) is 2. The van der Waals surface area contributed by atoms with Gasteiger partial charge in [0.05, 0.1) is 11.3 Å².